The molecule has 0 spiro atoms. The number of benzene rings is 1. The molecule has 0 aliphatic carbocycles. The highest BCUT2D eigenvalue weighted by atomic mass is 32.1. The first-order chi connectivity index (χ1) is 11.1. The molecule has 2 heterocycles. The maximum atomic E-state index is 13.8. The van der Waals surface area contributed by atoms with E-state index in [1.165, 1.54) is 17.4 Å². The van der Waals surface area contributed by atoms with Crippen molar-refractivity contribution in [3.8, 4) is 0 Å². The minimum absolute atomic E-state index is 0.0380. The number of halogens is 1. The van der Waals surface area contributed by atoms with E-state index in [-0.39, 0.29) is 17.8 Å². The molecule has 1 aliphatic heterocycles. The third kappa shape index (κ3) is 3.76. The third-order valence-corrected chi connectivity index (χ3v) is 4.94. The van der Waals surface area contributed by atoms with Gasteiger partial charge < -0.3 is 4.90 Å². The maximum absolute atomic E-state index is 13.8. The second-order valence-corrected chi connectivity index (χ2v) is 6.63. The molecule has 122 valence electrons. The Labute approximate surface area is 139 Å². The van der Waals surface area contributed by atoms with Gasteiger partial charge in [-0.2, -0.15) is 0 Å². The molecular formula is C17H20FN3OS. The van der Waals surface area contributed by atoms with Crippen molar-refractivity contribution in [3.63, 3.8) is 0 Å². The molecule has 0 saturated carbocycles. The second kappa shape index (κ2) is 7.19. The summed E-state index contributed by atoms with van der Waals surface area (Å²) >= 11 is 1.43. The van der Waals surface area contributed by atoms with Gasteiger partial charge in [-0.3, -0.25) is 9.69 Å². The van der Waals surface area contributed by atoms with Crippen molar-refractivity contribution < 1.29 is 9.18 Å². The summed E-state index contributed by atoms with van der Waals surface area (Å²) in [6, 6.07) is 7.03. The van der Waals surface area contributed by atoms with Crippen molar-refractivity contribution in [1.29, 1.82) is 0 Å². The Morgan fingerprint density at radius 2 is 2.30 bits per heavy atom. The molecule has 1 aliphatic rings. The first kappa shape index (κ1) is 16.1. The quantitative estimate of drug-likeness (QED) is 0.863. The fourth-order valence-electron chi connectivity index (χ4n) is 3.02. The SMILES string of the molecule is CN(C(=O)c1cscn1)[C@H]1CCCN(Cc2ccccc2F)C1. The van der Waals surface area contributed by atoms with Gasteiger partial charge >= 0.3 is 0 Å². The van der Waals surface area contributed by atoms with Crippen molar-refractivity contribution >= 4 is 17.2 Å². The number of aromatic nitrogens is 1. The van der Waals surface area contributed by atoms with Gasteiger partial charge in [-0.25, -0.2) is 9.37 Å². The van der Waals surface area contributed by atoms with Crippen LogP contribution in [0, 0.1) is 5.82 Å². The van der Waals surface area contributed by atoms with Gasteiger partial charge in [-0.1, -0.05) is 18.2 Å². The smallest absolute Gasteiger partial charge is 0.273 e. The van der Waals surface area contributed by atoms with E-state index < -0.39 is 0 Å². The van der Waals surface area contributed by atoms with Crippen LogP contribution in [-0.4, -0.2) is 46.9 Å². The van der Waals surface area contributed by atoms with Crippen LogP contribution in [0.3, 0.4) is 0 Å². The molecule has 1 atom stereocenters. The van der Waals surface area contributed by atoms with Gasteiger partial charge in [0, 0.05) is 37.1 Å². The van der Waals surface area contributed by atoms with Crippen molar-refractivity contribution in [2.75, 3.05) is 20.1 Å². The fraction of sp³-hybridized carbons (Fsp3) is 0.412. The Kier molecular flexibility index (Phi) is 5.03. The normalized spacial score (nSPS) is 18.8. The number of amides is 1. The van der Waals surface area contributed by atoms with Crippen molar-refractivity contribution in [3.05, 3.63) is 52.2 Å². The van der Waals surface area contributed by atoms with Crippen LogP contribution in [0.1, 0.15) is 28.9 Å². The standard InChI is InChI=1S/C17H20FN3OS/c1-20(17(22)16-11-23-12-19-16)14-6-4-8-21(10-14)9-13-5-2-3-7-15(13)18/h2-3,5,7,11-12,14H,4,6,8-10H2,1H3/t14-/m0/s1. The number of hydrogen-bond donors (Lipinski definition) is 0. The summed E-state index contributed by atoms with van der Waals surface area (Å²) in [6.07, 6.45) is 1.98. The first-order valence-electron chi connectivity index (χ1n) is 7.76. The van der Waals surface area contributed by atoms with Crippen LogP contribution in [0.15, 0.2) is 35.2 Å². The van der Waals surface area contributed by atoms with E-state index in [1.807, 2.05) is 19.2 Å². The van der Waals surface area contributed by atoms with Crippen molar-refractivity contribution in [2.24, 2.45) is 0 Å². The van der Waals surface area contributed by atoms with E-state index >= 15 is 0 Å². The zero-order valence-electron chi connectivity index (χ0n) is 13.1. The zero-order chi connectivity index (χ0) is 16.2. The van der Waals surface area contributed by atoms with E-state index in [2.05, 4.69) is 9.88 Å². The Bertz CT molecular complexity index is 662. The molecule has 1 fully saturated rings. The summed E-state index contributed by atoms with van der Waals surface area (Å²) in [5.41, 5.74) is 2.89. The highest BCUT2D eigenvalue weighted by Gasteiger charge is 2.27. The van der Waals surface area contributed by atoms with Crippen LogP contribution in [0.2, 0.25) is 0 Å². The van der Waals surface area contributed by atoms with Crippen LogP contribution in [0.4, 0.5) is 4.39 Å². The summed E-state index contributed by atoms with van der Waals surface area (Å²) in [7, 11) is 1.83. The molecular weight excluding hydrogens is 313 g/mol. The average Bonchev–Trinajstić information content (AvgIpc) is 3.10. The summed E-state index contributed by atoms with van der Waals surface area (Å²) in [5, 5.41) is 1.78. The highest BCUT2D eigenvalue weighted by molar-refractivity contribution is 7.07. The van der Waals surface area contributed by atoms with E-state index in [9.17, 15) is 9.18 Å². The maximum Gasteiger partial charge on any atom is 0.273 e. The summed E-state index contributed by atoms with van der Waals surface area (Å²) < 4.78 is 13.8. The van der Waals surface area contributed by atoms with E-state index in [4.69, 9.17) is 0 Å². The van der Waals surface area contributed by atoms with Gasteiger partial charge in [0.2, 0.25) is 0 Å². The number of thiazole rings is 1. The Morgan fingerprint density at radius 3 is 3.04 bits per heavy atom. The van der Waals surface area contributed by atoms with Gasteiger partial charge in [0.25, 0.3) is 5.91 Å². The minimum atomic E-state index is -0.165. The number of carbonyl (C=O) groups excluding carboxylic acids is 1. The van der Waals surface area contributed by atoms with Crippen LogP contribution in [0.25, 0.3) is 0 Å². The molecule has 0 radical (unpaired) electrons. The van der Waals surface area contributed by atoms with Gasteiger partial charge in [0.1, 0.15) is 11.5 Å². The largest absolute Gasteiger partial charge is 0.336 e. The number of piperidine rings is 1. The topological polar surface area (TPSA) is 36.4 Å². The second-order valence-electron chi connectivity index (χ2n) is 5.91. The molecule has 6 heteroatoms. The van der Waals surface area contributed by atoms with Gasteiger partial charge in [-0.05, 0) is 25.5 Å². The summed E-state index contributed by atoms with van der Waals surface area (Å²) in [6.45, 7) is 2.28. The molecule has 0 N–H and O–H groups in total. The molecule has 23 heavy (non-hydrogen) atoms. The number of nitrogens with zero attached hydrogens (tertiary/aromatic N) is 3. The predicted molar refractivity (Wildman–Crippen MR) is 88.9 cm³/mol. The zero-order valence-corrected chi connectivity index (χ0v) is 13.9. The Balaban J connectivity index is 1.64. The highest BCUT2D eigenvalue weighted by Crippen LogP contribution is 2.20. The number of rotatable bonds is 4. The van der Waals surface area contributed by atoms with E-state index in [0.29, 0.717) is 17.8 Å². The monoisotopic (exact) mass is 333 g/mol. The average molecular weight is 333 g/mol. The molecule has 1 amide bonds. The lowest BCUT2D eigenvalue weighted by Crippen LogP contribution is -2.48. The van der Waals surface area contributed by atoms with Gasteiger partial charge in [0.05, 0.1) is 5.51 Å². The molecule has 0 bridgehead atoms. The lowest BCUT2D eigenvalue weighted by Gasteiger charge is -2.37. The minimum Gasteiger partial charge on any atom is -0.336 e. The first-order valence-corrected chi connectivity index (χ1v) is 8.70. The number of hydrogen-bond acceptors (Lipinski definition) is 4. The van der Waals surface area contributed by atoms with E-state index in [0.717, 1.165) is 25.9 Å². The molecule has 1 aromatic heterocycles. The molecule has 1 saturated heterocycles. The molecule has 1 aromatic carbocycles. The fourth-order valence-corrected chi connectivity index (χ4v) is 3.55. The number of likely N-dealkylation sites (tertiary alicyclic amines) is 1. The van der Waals surface area contributed by atoms with Gasteiger partial charge in [0.15, 0.2) is 0 Å². The van der Waals surface area contributed by atoms with Crippen LogP contribution in [-0.2, 0) is 6.54 Å². The Morgan fingerprint density at radius 1 is 1.48 bits per heavy atom. The van der Waals surface area contributed by atoms with Crippen LogP contribution < -0.4 is 0 Å². The van der Waals surface area contributed by atoms with Crippen molar-refractivity contribution in [1.82, 2.24) is 14.8 Å². The number of carbonyl (C=O) groups is 1. The van der Waals surface area contributed by atoms with Crippen molar-refractivity contribution in [2.45, 2.75) is 25.4 Å². The summed E-state index contributed by atoms with van der Waals surface area (Å²) in [5.74, 6) is -0.203. The molecule has 4 nitrogen and oxygen atoms in total. The third-order valence-electron chi connectivity index (χ3n) is 4.35. The lowest BCUT2D eigenvalue weighted by atomic mass is 10.0. The van der Waals surface area contributed by atoms with Crippen LogP contribution in [0.5, 0.6) is 0 Å². The summed E-state index contributed by atoms with van der Waals surface area (Å²) in [4.78, 5) is 20.5. The van der Waals surface area contributed by atoms with E-state index in [1.54, 1.807) is 21.9 Å². The number of likely N-dealkylation sites (N-methyl/N-ethyl adjacent to an activating group) is 1. The lowest BCUT2D eigenvalue weighted by molar-refractivity contribution is 0.0603. The van der Waals surface area contributed by atoms with Crippen LogP contribution >= 0.6 is 11.3 Å². The molecule has 2 aromatic rings. The molecule has 0 unspecified atom stereocenters. The Hall–Kier alpha value is -1.79. The predicted octanol–water partition coefficient (Wildman–Crippen LogP) is 3.02. The molecule has 3 rings (SSSR count). The van der Waals surface area contributed by atoms with Gasteiger partial charge in [-0.15, -0.1) is 11.3 Å².